The molecule has 0 saturated carbocycles. The average Bonchev–Trinajstić information content (AvgIpc) is 2.44. The van der Waals surface area contributed by atoms with E-state index in [2.05, 4.69) is 5.32 Å². The van der Waals surface area contributed by atoms with Gasteiger partial charge in [0.2, 0.25) is 0 Å². The molecule has 0 aromatic heterocycles. The van der Waals surface area contributed by atoms with Gasteiger partial charge in [-0.15, -0.1) is 0 Å². The van der Waals surface area contributed by atoms with Gasteiger partial charge in [0.1, 0.15) is 11.5 Å². The number of amides is 1. The van der Waals surface area contributed by atoms with Crippen molar-refractivity contribution < 1.29 is 14.3 Å². The molecule has 0 unspecified atom stereocenters. The molecule has 0 atom stereocenters. The number of hydrogen-bond donors (Lipinski definition) is 1. The Hall–Kier alpha value is -2.20. The van der Waals surface area contributed by atoms with Crippen molar-refractivity contribution in [2.24, 2.45) is 0 Å². The largest absolute Gasteiger partial charge is 0.497 e. The molecule has 2 aromatic rings. The molecule has 0 fully saturated rings. The van der Waals surface area contributed by atoms with E-state index in [1.165, 1.54) is 0 Å². The van der Waals surface area contributed by atoms with Gasteiger partial charge in [-0.3, -0.25) is 5.32 Å². The molecule has 0 aliphatic carbocycles. The van der Waals surface area contributed by atoms with E-state index >= 15 is 0 Å². The zero-order chi connectivity index (χ0) is 14.5. The maximum Gasteiger partial charge on any atom is 0.417 e. The summed E-state index contributed by atoms with van der Waals surface area (Å²) in [4.78, 5) is 11.7. The molecule has 0 saturated heterocycles. The highest BCUT2D eigenvalue weighted by Crippen LogP contribution is 2.21. The molecule has 2 aromatic carbocycles. The molecule has 0 aliphatic rings. The van der Waals surface area contributed by atoms with Crippen molar-refractivity contribution in [3.63, 3.8) is 0 Å². The monoisotopic (exact) mass is 291 g/mol. The summed E-state index contributed by atoms with van der Waals surface area (Å²) in [5, 5.41) is 3.26. The lowest BCUT2D eigenvalue weighted by atomic mass is 10.2. The second kappa shape index (κ2) is 6.30. The van der Waals surface area contributed by atoms with E-state index in [1.54, 1.807) is 49.6 Å². The van der Waals surface area contributed by atoms with Crippen molar-refractivity contribution in [1.82, 2.24) is 0 Å². The number of methoxy groups -OCH3 is 1. The van der Waals surface area contributed by atoms with Gasteiger partial charge in [0.05, 0.1) is 7.11 Å². The van der Waals surface area contributed by atoms with Crippen molar-refractivity contribution in [2.75, 3.05) is 12.4 Å². The summed E-state index contributed by atoms with van der Waals surface area (Å²) in [6.45, 7) is 1.84. The van der Waals surface area contributed by atoms with Crippen LogP contribution in [-0.2, 0) is 0 Å². The van der Waals surface area contributed by atoms with Crippen molar-refractivity contribution in [1.29, 1.82) is 0 Å². The highest BCUT2D eigenvalue weighted by Gasteiger charge is 2.06. The van der Waals surface area contributed by atoms with E-state index in [9.17, 15) is 4.79 Å². The first-order chi connectivity index (χ1) is 9.58. The van der Waals surface area contributed by atoms with E-state index < -0.39 is 6.09 Å². The second-order valence-corrected chi connectivity index (χ2v) is 4.56. The molecule has 5 heteroatoms. The lowest BCUT2D eigenvalue weighted by molar-refractivity contribution is 0.215. The van der Waals surface area contributed by atoms with Gasteiger partial charge in [-0.2, -0.15) is 0 Å². The number of halogens is 1. The van der Waals surface area contributed by atoms with Crippen LogP contribution in [0.3, 0.4) is 0 Å². The number of rotatable bonds is 3. The van der Waals surface area contributed by atoms with Gasteiger partial charge in [-0.1, -0.05) is 11.6 Å². The standard InChI is InChI=1S/C15H14ClNO3/c1-10-9-13(7-8-14(10)16)20-15(18)17-11-3-5-12(19-2)6-4-11/h3-9H,1-2H3,(H,17,18). The quantitative estimate of drug-likeness (QED) is 0.919. The van der Waals surface area contributed by atoms with Crippen LogP contribution in [0.2, 0.25) is 5.02 Å². The van der Waals surface area contributed by atoms with Crippen LogP contribution in [0.25, 0.3) is 0 Å². The average molecular weight is 292 g/mol. The van der Waals surface area contributed by atoms with Crippen LogP contribution in [0.1, 0.15) is 5.56 Å². The summed E-state index contributed by atoms with van der Waals surface area (Å²) < 4.78 is 10.2. The van der Waals surface area contributed by atoms with Gasteiger partial charge in [0.25, 0.3) is 0 Å². The number of hydrogen-bond acceptors (Lipinski definition) is 3. The minimum Gasteiger partial charge on any atom is -0.497 e. The number of benzene rings is 2. The minimum absolute atomic E-state index is 0.443. The molecule has 0 radical (unpaired) electrons. The van der Waals surface area contributed by atoms with Crippen molar-refractivity contribution in [3.8, 4) is 11.5 Å². The van der Waals surface area contributed by atoms with Gasteiger partial charge in [-0.05, 0) is 55.0 Å². The van der Waals surface area contributed by atoms with Crippen LogP contribution in [0, 0.1) is 6.92 Å². The fourth-order valence-electron chi connectivity index (χ4n) is 1.61. The predicted molar refractivity (Wildman–Crippen MR) is 78.8 cm³/mol. The Morgan fingerprint density at radius 2 is 1.75 bits per heavy atom. The first kappa shape index (κ1) is 14.2. The van der Waals surface area contributed by atoms with Crippen LogP contribution in [0.4, 0.5) is 10.5 Å². The minimum atomic E-state index is -0.558. The Balaban J connectivity index is 1.99. The van der Waals surface area contributed by atoms with E-state index in [1.807, 2.05) is 6.92 Å². The molecular formula is C15H14ClNO3. The molecule has 0 bridgehead atoms. The van der Waals surface area contributed by atoms with Gasteiger partial charge >= 0.3 is 6.09 Å². The van der Waals surface area contributed by atoms with Gasteiger partial charge in [-0.25, -0.2) is 4.79 Å². The Morgan fingerprint density at radius 3 is 2.35 bits per heavy atom. The molecule has 0 aliphatic heterocycles. The maximum absolute atomic E-state index is 11.7. The molecule has 2 rings (SSSR count). The summed E-state index contributed by atoms with van der Waals surface area (Å²) in [5.41, 5.74) is 1.47. The first-order valence-corrected chi connectivity index (χ1v) is 6.35. The fourth-order valence-corrected chi connectivity index (χ4v) is 1.72. The molecule has 0 heterocycles. The zero-order valence-electron chi connectivity index (χ0n) is 11.1. The molecule has 4 nitrogen and oxygen atoms in total. The smallest absolute Gasteiger partial charge is 0.417 e. The lowest BCUT2D eigenvalue weighted by Gasteiger charge is -2.08. The molecule has 1 N–H and O–H groups in total. The number of nitrogens with one attached hydrogen (secondary N) is 1. The first-order valence-electron chi connectivity index (χ1n) is 5.97. The number of aryl methyl sites for hydroxylation is 1. The van der Waals surface area contributed by atoms with Gasteiger partial charge in [0.15, 0.2) is 0 Å². The third kappa shape index (κ3) is 3.65. The number of carbonyl (C=O) groups is 1. The van der Waals surface area contributed by atoms with Crippen LogP contribution in [0.15, 0.2) is 42.5 Å². The highest BCUT2D eigenvalue weighted by molar-refractivity contribution is 6.31. The Kier molecular flexibility index (Phi) is 4.48. The molecular weight excluding hydrogens is 278 g/mol. The topological polar surface area (TPSA) is 47.6 Å². The SMILES string of the molecule is COc1ccc(NC(=O)Oc2ccc(Cl)c(C)c2)cc1. The van der Waals surface area contributed by atoms with Crippen molar-refractivity contribution >= 4 is 23.4 Å². The second-order valence-electron chi connectivity index (χ2n) is 4.15. The predicted octanol–water partition coefficient (Wildman–Crippen LogP) is 4.27. The Morgan fingerprint density at radius 1 is 1.10 bits per heavy atom. The summed E-state index contributed by atoms with van der Waals surface area (Å²) in [6, 6.07) is 12.0. The van der Waals surface area contributed by atoms with E-state index in [0.717, 1.165) is 11.3 Å². The van der Waals surface area contributed by atoms with Crippen molar-refractivity contribution in [2.45, 2.75) is 6.92 Å². The highest BCUT2D eigenvalue weighted by atomic mass is 35.5. The van der Waals surface area contributed by atoms with E-state index in [-0.39, 0.29) is 0 Å². The summed E-state index contributed by atoms with van der Waals surface area (Å²) in [6.07, 6.45) is -0.558. The van der Waals surface area contributed by atoms with Gasteiger partial charge < -0.3 is 9.47 Å². The van der Waals surface area contributed by atoms with Crippen molar-refractivity contribution in [3.05, 3.63) is 53.1 Å². The molecule has 104 valence electrons. The number of ether oxygens (including phenoxy) is 2. The summed E-state index contributed by atoms with van der Waals surface area (Å²) in [5.74, 6) is 1.16. The maximum atomic E-state index is 11.7. The summed E-state index contributed by atoms with van der Waals surface area (Å²) in [7, 11) is 1.58. The molecule has 1 amide bonds. The molecule has 20 heavy (non-hydrogen) atoms. The third-order valence-corrected chi connectivity index (χ3v) is 3.10. The van der Waals surface area contributed by atoms with Crippen LogP contribution in [0.5, 0.6) is 11.5 Å². The van der Waals surface area contributed by atoms with E-state index in [4.69, 9.17) is 21.1 Å². The molecule has 0 spiro atoms. The normalized spacial score (nSPS) is 9.95. The fraction of sp³-hybridized carbons (Fsp3) is 0.133. The zero-order valence-corrected chi connectivity index (χ0v) is 11.9. The third-order valence-electron chi connectivity index (χ3n) is 2.68. The number of anilines is 1. The van der Waals surface area contributed by atoms with Gasteiger partial charge in [0, 0.05) is 10.7 Å². The number of carbonyl (C=O) groups excluding carboxylic acids is 1. The van der Waals surface area contributed by atoms with Crippen LogP contribution in [-0.4, -0.2) is 13.2 Å². The Bertz CT molecular complexity index is 611. The van der Waals surface area contributed by atoms with Crippen LogP contribution < -0.4 is 14.8 Å². The van der Waals surface area contributed by atoms with E-state index in [0.29, 0.717) is 16.5 Å². The lowest BCUT2D eigenvalue weighted by Crippen LogP contribution is -2.16. The Labute approximate surface area is 122 Å². The van der Waals surface area contributed by atoms with Crippen LogP contribution >= 0.6 is 11.6 Å². The summed E-state index contributed by atoms with van der Waals surface area (Å²) >= 11 is 5.91.